The standard InChI is InChI=1S/C10H8BrN3O2S/c1-14-5-6(2-3-8(14)15)9(16)13-10-12-4-7(11)17-10/h2-5H,1H3,(H,12,13,16). The highest BCUT2D eigenvalue weighted by Gasteiger charge is 2.09. The molecule has 0 saturated carbocycles. The van der Waals surface area contributed by atoms with Crippen LogP contribution >= 0.6 is 27.3 Å². The highest BCUT2D eigenvalue weighted by molar-refractivity contribution is 9.11. The van der Waals surface area contributed by atoms with Gasteiger partial charge < -0.3 is 4.57 Å². The van der Waals surface area contributed by atoms with E-state index in [1.165, 1.54) is 34.2 Å². The number of pyridine rings is 1. The number of nitrogens with zero attached hydrogens (tertiary/aromatic N) is 2. The van der Waals surface area contributed by atoms with Gasteiger partial charge in [-0.15, -0.1) is 0 Å². The lowest BCUT2D eigenvalue weighted by molar-refractivity contribution is 0.102. The molecule has 0 fully saturated rings. The fraction of sp³-hybridized carbons (Fsp3) is 0.100. The third-order valence-electron chi connectivity index (χ3n) is 2.05. The van der Waals surface area contributed by atoms with Crippen molar-refractivity contribution in [2.24, 2.45) is 7.05 Å². The number of rotatable bonds is 2. The molecule has 0 aliphatic rings. The zero-order valence-corrected chi connectivity index (χ0v) is 11.2. The smallest absolute Gasteiger partial charge is 0.258 e. The van der Waals surface area contributed by atoms with Crippen LogP contribution in [0.25, 0.3) is 0 Å². The Kier molecular flexibility index (Phi) is 3.39. The van der Waals surface area contributed by atoms with Crippen LogP contribution in [0.15, 0.2) is 33.1 Å². The number of hydrogen-bond donors (Lipinski definition) is 1. The summed E-state index contributed by atoms with van der Waals surface area (Å²) < 4.78 is 2.19. The summed E-state index contributed by atoms with van der Waals surface area (Å²) in [4.78, 5) is 27.0. The molecule has 0 atom stereocenters. The monoisotopic (exact) mass is 313 g/mol. The molecule has 1 N–H and O–H groups in total. The largest absolute Gasteiger partial charge is 0.318 e. The molecule has 0 bridgehead atoms. The van der Waals surface area contributed by atoms with Gasteiger partial charge in [0, 0.05) is 19.3 Å². The van der Waals surface area contributed by atoms with Crippen LogP contribution in [0.5, 0.6) is 0 Å². The average molecular weight is 314 g/mol. The van der Waals surface area contributed by atoms with E-state index in [1.54, 1.807) is 13.2 Å². The van der Waals surface area contributed by atoms with Gasteiger partial charge in [0.25, 0.3) is 5.91 Å². The van der Waals surface area contributed by atoms with Crippen molar-refractivity contribution in [1.82, 2.24) is 9.55 Å². The fourth-order valence-electron chi connectivity index (χ4n) is 1.21. The van der Waals surface area contributed by atoms with Gasteiger partial charge in [0.2, 0.25) is 5.56 Å². The molecule has 2 aromatic rings. The van der Waals surface area contributed by atoms with Crippen molar-refractivity contribution >= 4 is 38.3 Å². The van der Waals surface area contributed by atoms with Crippen LogP contribution in [-0.2, 0) is 7.05 Å². The topological polar surface area (TPSA) is 64.0 Å². The van der Waals surface area contributed by atoms with Crippen LogP contribution in [-0.4, -0.2) is 15.5 Å². The first kappa shape index (κ1) is 12.0. The summed E-state index contributed by atoms with van der Waals surface area (Å²) in [7, 11) is 1.60. The Bertz CT molecular complexity index is 620. The summed E-state index contributed by atoms with van der Waals surface area (Å²) in [5, 5.41) is 3.16. The summed E-state index contributed by atoms with van der Waals surface area (Å²) in [6, 6.07) is 2.84. The third-order valence-corrected chi connectivity index (χ3v) is 3.44. The normalized spacial score (nSPS) is 10.2. The number of carbonyl (C=O) groups excluding carboxylic acids is 1. The second kappa shape index (κ2) is 4.80. The molecule has 0 unspecified atom stereocenters. The van der Waals surface area contributed by atoms with Crippen molar-refractivity contribution in [1.29, 1.82) is 0 Å². The van der Waals surface area contributed by atoms with Crippen LogP contribution < -0.4 is 10.9 Å². The zero-order chi connectivity index (χ0) is 12.4. The maximum atomic E-state index is 11.8. The summed E-state index contributed by atoms with van der Waals surface area (Å²) in [5.74, 6) is -0.289. The van der Waals surface area contributed by atoms with Gasteiger partial charge in [0.1, 0.15) is 0 Å². The molecule has 2 rings (SSSR count). The molecule has 0 aliphatic heterocycles. The van der Waals surface area contributed by atoms with E-state index >= 15 is 0 Å². The summed E-state index contributed by atoms with van der Waals surface area (Å²) >= 11 is 4.58. The Hall–Kier alpha value is -1.47. The number of amides is 1. The lowest BCUT2D eigenvalue weighted by atomic mass is 10.2. The van der Waals surface area contributed by atoms with E-state index in [2.05, 4.69) is 26.2 Å². The molecule has 0 spiro atoms. The molecule has 0 aromatic carbocycles. The van der Waals surface area contributed by atoms with Crippen molar-refractivity contribution in [3.05, 3.63) is 44.2 Å². The van der Waals surface area contributed by atoms with E-state index < -0.39 is 0 Å². The fourth-order valence-corrected chi connectivity index (χ4v) is 2.31. The van der Waals surface area contributed by atoms with Crippen molar-refractivity contribution in [3.8, 4) is 0 Å². The molecular weight excluding hydrogens is 306 g/mol. The van der Waals surface area contributed by atoms with Crippen LogP contribution in [0.2, 0.25) is 0 Å². The lowest BCUT2D eigenvalue weighted by Gasteiger charge is -2.03. The van der Waals surface area contributed by atoms with Crippen molar-refractivity contribution in [2.45, 2.75) is 0 Å². The number of hydrogen-bond acceptors (Lipinski definition) is 4. The average Bonchev–Trinajstić information content (AvgIpc) is 2.68. The van der Waals surface area contributed by atoms with E-state index in [1.807, 2.05) is 0 Å². The Morgan fingerprint density at radius 2 is 2.29 bits per heavy atom. The number of aromatic nitrogens is 2. The Morgan fingerprint density at radius 1 is 1.53 bits per heavy atom. The highest BCUT2D eigenvalue weighted by Crippen LogP contribution is 2.23. The minimum atomic E-state index is -0.289. The second-order valence-corrected chi connectivity index (χ2v) is 5.70. The van der Waals surface area contributed by atoms with Crippen LogP contribution in [0, 0.1) is 0 Å². The maximum absolute atomic E-state index is 11.8. The van der Waals surface area contributed by atoms with Crippen LogP contribution in [0.3, 0.4) is 0 Å². The van der Waals surface area contributed by atoms with Crippen molar-refractivity contribution < 1.29 is 4.79 Å². The molecule has 0 radical (unpaired) electrons. The van der Waals surface area contributed by atoms with E-state index in [9.17, 15) is 9.59 Å². The summed E-state index contributed by atoms with van der Waals surface area (Å²) in [5.41, 5.74) is 0.261. The molecular formula is C10H8BrN3O2S. The van der Waals surface area contributed by atoms with E-state index in [0.717, 1.165) is 3.79 Å². The molecule has 0 saturated heterocycles. The number of halogens is 1. The molecule has 2 heterocycles. The lowest BCUT2D eigenvalue weighted by Crippen LogP contribution is -2.19. The molecule has 88 valence electrons. The van der Waals surface area contributed by atoms with Crippen LogP contribution in [0.1, 0.15) is 10.4 Å². The summed E-state index contributed by atoms with van der Waals surface area (Å²) in [6.07, 6.45) is 3.10. The zero-order valence-electron chi connectivity index (χ0n) is 8.81. The number of thiazole rings is 1. The first-order chi connectivity index (χ1) is 8.06. The van der Waals surface area contributed by atoms with Gasteiger partial charge in [-0.3, -0.25) is 14.9 Å². The van der Waals surface area contributed by atoms with Gasteiger partial charge in [-0.1, -0.05) is 11.3 Å². The SMILES string of the molecule is Cn1cc(C(=O)Nc2ncc(Br)s2)ccc1=O. The Morgan fingerprint density at radius 3 is 2.88 bits per heavy atom. The molecule has 5 nitrogen and oxygen atoms in total. The first-order valence-corrected chi connectivity index (χ1v) is 6.26. The van der Waals surface area contributed by atoms with Gasteiger partial charge in [0.15, 0.2) is 5.13 Å². The molecule has 1 amide bonds. The number of carbonyl (C=O) groups is 1. The predicted octanol–water partition coefficient (Wildman–Crippen LogP) is 1.86. The van der Waals surface area contributed by atoms with Gasteiger partial charge in [-0.25, -0.2) is 4.98 Å². The Labute approximate surface area is 109 Å². The second-order valence-electron chi connectivity index (χ2n) is 3.29. The maximum Gasteiger partial charge on any atom is 0.258 e. The van der Waals surface area contributed by atoms with Gasteiger partial charge in [-0.05, 0) is 22.0 Å². The number of aryl methyl sites for hydroxylation is 1. The Balaban J connectivity index is 2.20. The summed E-state index contributed by atoms with van der Waals surface area (Å²) in [6.45, 7) is 0. The third kappa shape index (κ3) is 2.80. The predicted molar refractivity (Wildman–Crippen MR) is 69.5 cm³/mol. The molecule has 7 heteroatoms. The molecule has 2 aromatic heterocycles. The first-order valence-electron chi connectivity index (χ1n) is 4.65. The van der Waals surface area contributed by atoms with Crippen LogP contribution in [0.4, 0.5) is 5.13 Å². The highest BCUT2D eigenvalue weighted by atomic mass is 79.9. The minimum Gasteiger partial charge on any atom is -0.318 e. The number of anilines is 1. The van der Waals surface area contributed by atoms with Crippen molar-refractivity contribution in [2.75, 3.05) is 5.32 Å². The van der Waals surface area contributed by atoms with Gasteiger partial charge in [-0.2, -0.15) is 0 Å². The minimum absolute atomic E-state index is 0.154. The van der Waals surface area contributed by atoms with E-state index in [-0.39, 0.29) is 11.5 Å². The quantitative estimate of drug-likeness (QED) is 0.920. The van der Waals surface area contributed by atoms with Gasteiger partial charge in [0.05, 0.1) is 15.5 Å². The molecule has 0 aliphatic carbocycles. The van der Waals surface area contributed by atoms with E-state index in [0.29, 0.717) is 10.7 Å². The number of nitrogens with one attached hydrogen (secondary N) is 1. The van der Waals surface area contributed by atoms with E-state index in [4.69, 9.17) is 0 Å². The van der Waals surface area contributed by atoms with Gasteiger partial charge >= 0.3 is 0 Å². The molecule has 17 heavy (non-hydrogen) atoms. The van der Waals surface area contributed by atoms with Crippen molar-refractivity contribution in [3.63, 3.8) is 0 Å².